The maximum absolute atomic E-state index is 11.7. The standard InChI is InChI=1S/C16H16O6S/c1-20-13-8-12(16(17)21-2)15(23(18)19)9-14(13)22-10-11-6-4-3-5-7-11/h3-9H,10H2,1-2H3,(H,18,19). The van der Waals surface area contributed by atoms with Gasteiger partial charge in [0.05, 0.1) is 24.7 Å². The van der Waals surface area contributed by atoms with E-state index in [4.69, 9.17) is 9.47 Å². The number of hydrogen-bond acceptors (Lipinski definition) is 5. The quantitative estimate of drug-likeness (QED) is 0.645. The van der Waals surface area contributed by atoms with Crippen molar-refractivity contribution in [3.05, 3.63) is 53.6 Å². The molecule has 7 heteroatoms. The third-order valence-corrected chi connectivity index (χ3v) is 3.81. The molecule has 6 nitrogen and oxygen atoms in total. The molecule has 2 aromatic rings. The molecule has 23 heavy (non-hydrogen) atoms. The van der Waals surface area contributed by atoms with Crippen LogP contribution in [0.5, 0.6) is 11.5 Å². The van der Waals surface area contributed by atoms with E-state index in [1.54, 1.807) is 0 Å². The van der Waals surface area contributed by atoms with Crippen LogP contribution in [0.3, 0.4) is 0 Å². The smallest absolute Gasteiger partial charge is 0.339 e. The van der Waals surface area contributed by atoms with Gasteiger partial charge in [-0.3, -0.25) is 0 Å². The van der Waals surface area contributed by atoms with E-state index in [-0.39, 0.29) is 28.6 Å². The van der Waals surface area contributed by atoms with Crippen molar-refractivity contribution in [1.29, 1.82) is 0 Å². The molecule has 0 bridgehead atoms. The van der Waals surface area contributed by atoms with E-state index in [1.807, 2.05) is 30.3 Å². The fourth-order valence-corrected chi connectivity index (χ4v) is 2.50. The Morgan fingerprint density at radius 1 is 1.13 bits per heavy atom. The first kappa shape index (κ1) is 17.0. The lowest BCUT2D eigenvalue weighted by Gasteiger charge is -2.14. The Kier molecular flexibility index (Phi) is 5.72. The van der Waals surface area contributed by atoms with Crippen molar-refractivity contribution in [2.75, 3.05) is 14.2 Å². The SMILES string of the molecule is COC(=O)c1cc(OC)c(OCc2ccccc2)cc1S(=O)O. The Hall–Kier alpha value is -2.38. The third-order valence-electron chi connectivity index (χ3n) is 3.10. The molecule has 0 aliphatic heterocycles. The van der Waals surface area contributed by atoms with Crippen molar-refractivity contribution >= 4 is 17.0 Å². The monoisotopic (exact) mass is 336 g/mol. The summed E-state index contributed by atoms with van der Waals surface area (Å²) in [5, 5.41) is 0. The van der Waals surface area contributed by atoms with Crippen molar-refractivity contribution < 1.29 is 27.8 Å². The highest BCUT2D eigenvalue weighted by molar-refractivity contribution is 7.79. The van der Waals surface area contributed by atoms with Crippen LogP contribution in [0, 0.1) is 0 Å². The molecule has 1 unspecified atom stereocenters. The molecule has 0 radical (unpaired) electrons. The average Bonchev–Trinajstić information content (AvgIpc) is 2.59. The maximum atomic E-state index is 11.7. The molecule has 1 N–H and O–H groups in total. The molecule has 0 fully saturated rings. The molecule has 1 atom stereocenters. The summed E-state index contributed by atoms with van der Waals surface area (Å²) >= 11 is -2.37. The van der Waals surface area contributed by atoms with Crippen LogP contribution in [0.25, 0.3) is 0 Å². The number of ether oxygens (including phenoxy) is 3. The summed E-state index contributed by atoms with van der Waals surface area (Å²) in [6.45, 7) is 0.256. The van der Waals surface area contributed by atoms with Gasteiger partial charge in [0.2, 0.25) is 0 Å². The summed E-state index contributed by atoms with van der Waals surface area (Å²) in [4.78, 5) is 11.6. The number of rotatable bonds is 6. The Labute approximate surface area is 136 Å². The number of esters is 1. The first-order valence-electron chi connectivity index (χ1n) is 6.64. The van der Waals surface area contributed by atoms with Crippen LogP contribution >= 0.6 is 0 Å². The van der Waals surface area contributed by atoms with Crippen molar-refractivity contribution in [2.45, 2.75) is 11.5 Å². The molecule has 0 aliphatic carbocycles. The van der Waals surface area contributed by atoms with Gasteiger partial charge in [0, 0.05) is 6.07 Å². The minimum absolute atomic E-state index is 0.0442. The topological polar surface area (TPSA) is 82.1 Å². The van der Waals surface area contributed by atoms with Gasteiger partial charge < -0.3 is 18.8 Å². The molecule has 2 rings (SSSR count). The molecule has 0 aromatic heterocycles. The Bertz CT molecular complexity index is 714. The number of carbonyl (C=O) groups excluding carboxylic acids is 1. The van der Waals surface area contributed by atoms with Gasteiger partial charge in [-0.2, -0.15) is 0 Å². The summed E-state index contributed by atoms with van der Waals surface area (Å²) in [5.74, 6) is -0.188. The zero-order valence-corrected chi connectivity index (χ0v) is 13.5. The predicted octanol–water partition coefficient (Wildman–Crippen LogP) is 2.64. The Balaban J connectivity index is 2.36. The van der Waals surface area contributed by atoms with Crippen molar-refractivity contribution in [2.24, 2.45) is 0 Å². The molecular weight excluding hydrogens is 320 g/mol. The van der Waals surface area contributed by atoms with E-state index in [0.717, 1.165) is 5.56 Å². The van der Waals surface area contributed by atoms with Crippen molar-refractivity contribution in [3.63, 3.8) is 0 Å². The number of methoxy groups -OCH3 is 2. The normalized spacial score (nSPS) is 11.6. The van der Waals surface area contributed by atoms with Gasteiger partial charge in [0.25, 0.3) is 0 Å². The average molecular weight is 336 g/mol. The zero-order valence-electron chi connectivity index (χ0n) is 12.6. The van der Waals surface area contributed by atoms with Gasteiger partial charge in [-0.05, 0) is 11.6 Å². The van der Waals surface area contributed by atoms with Crippen LogP contribution in [0.15, 0.2) is 47.4 Å². The van der Waals surface area contributed by atoms with Gasteiger partial charge in [-0.25, -0.2) is 9.00 Å². The first-order valence-corrected chi connectivity index (χ1v) is 7.75. The fourth-order valence-electron chi connectivity index (χ4n) is 1.96. The molecule has 2 aromatic carbocycles. The molecule has 0 heterocycles. The van der Waals surface area contributed by atoms with E-state index in [9.17, 15) is 13.6 Å². The second kappa shape index (κ2) is 7.75. The van der Waals surface area contributed by atoms with Crippen LogP contribution in [0.1, 0.15) is 15.9 Å². The zero-order chi connectivity index (χ0) is 16.8. The van der Waals surface area contributed by atoms with E-state index < -0.39 is 17.0 Å². The molecule has 0 spiro atoms. The number of benzene rings is 2. The van der Waals surface area contributed by atoms with Crippen LogP contribution in [0.2, 0.25) is 0 Å². The van der Waals surface area contributed by atoms with Gasteiger partial charge in [0.15, 0.2) is 22.6 Å². The summed E-state index contributed by atoms with van der Waals surface area (Å²) in [6.07, 6.45) is 0. The van der Waals surface area contributed by atoms with Gasteiger partial charge in [0.1, 0.15) is 6.61 Å². The highest BCUT2D eigenvalue weighted by atomic mass is 32.2. The van der Waals surface area contributed by atoms with Gasteiger partial charge >= 0.3 is 5.97 Å². The second-order valence-corrected chi connectivity index (χ2v) is 5.45. The van der Waals surface area contributed by atoms with Gasteiger partial charge in [-0.1, -0.05) is 30.3 Å². The number of hydrogen-bond donors (Lipinski definition) is 1. The Morgan fingerprint density at radius 2 is 1.83 bits per heavy atom. The minimum Gasteiger partial charge on any atom is -0.493 e. The highest BCUT2D eigenvalue weighted by Gasteiger charge is 2.21. The summed E-state index contributed by atoms with van der Waals surface area (Å²) in [6, 6.07) is 12.1. The Morgan fingerprint density at radius 3 is 2.39 bits per heavy atom. The third kappa shape index (κ3) is 4.08. The molecule has 122 valence electrons. The van der Waals surface area contributed by atoms with Gasteiger partial charge in [-0.15, -0.1) is 0 Å². The van der Waals surface area contributed by atoms with Crippen LogP contribution in [-0.4, -0.2) is 29.0 Å². The summed E-state index contributed by atoms with van der Waals surface area (Å²) in [5.41, 5.74) is 0.885. The predicted molar refractivity (Wildman–Crippen MR) is 84.1 cm³/mol. The minimum atomic E-state index is -2.37. The van der Waals surface area contributed by atoms with Crippen LogP contribution < -0.4 is 9.47 Å². The second-order valence-electron chi connectivity index (χ2n) is 4.51. The molecule has 0 amide bonds. The fraction of sp³-hybridized carbons (Fsp3) is 0.188. The molecular formula is C16H16O6S. The van der Waals surface area contributed by atoms with Crippen LogP contribution in [0.4, 0.5) is 0 Å². The lowest BCUT2D eigenvalue weighted by atomic mass is 10.2. The first-order chi connectivity index (χ1) is 11.1. The van der Waals surface area contributed by atoms with E-state index in [0.29, 0.717) is 0 Å². The maximum Gasteiger partial charge on any atom is 0.339 e. The lowest BCUT2D eigenvalue weighted by Crippen LogP contribution is -2.08. The summed E-state index contributed by atoms with van der Waals surface area (Å²) < 4.78 is 36.3. The molecule has 0 saturated carbocycles. The van der Waals surface area contributed by atoms with E-state index in [1.165, 1.54) is 26.4 Å². The van der Waals surface area contributed by atoms with Crippen molar-refractivity contribution in [3.8, 4) is 11.5 Å². The largest absolute Gasteiger partial charge is 0.493 e. The summed E-state index contributed by atoms with van der Waals surface area (Å²) in [7, 11) is 2.61. The van der Waals surface area contributed by atoms with Crippen molar-refractivity contribution in [1.82, 2.24) is 0 Å². The lowest BCUT2D eigenvalue weighted by molar-refractivity contribution is 0.0595. The van der Waals surface area contributed by atoms with E-state index in [2.05, 4.69) is 4.74 Å². The van der Waals surface area contributed by atoms with Crippen LogP contribution in [-0.2, 0) is 22.4 Å². The highest BCUT2D eigenvalue weighted by Crippen LogP contribution is 2.33. The number of carbonyl (C=O) groups is 1. The van der Waals surface area contributed by atoms with E-state index >= 15 is 0 Å². The molecule has 0 aliphatic rings. The molecule has 0 saturated heterocycles.